The Hall–Kier alpha value is 0.640. The highest BCUT2D eigenvalue weighted by atomic mass is 127. The Bertz CT molecular complexity index is 227. The van der Waals surface area contributed by atoms with Crippen molar-refractivity contribution in [3.05, 3.63) is 0 Å². The van der Waals surface area contributed by atoms with E-state index in [4.69, 9.17) is 0 Å². The van der Waals surface area contributed by atoms with Crippen LogP contribution >= 0.6 is 22.6 Å². The summed E-state index contributed by atoms with van der Waals surface area (Å²) in [5.74, 6) is 0.342. The standard InChI is InChI=1S/C6H12INO2S/c1-2-8-6(5-7)3-4-11(8,9)10/h6H,2-5H2,1H3. The van der Waals surface area contributed by atoms with Gasteiger partial charge in [0.2, 0.25) is 10.0 Å². The van der Waals surface area contributed by atoms with Crippen LogP contribution < -0.4 is 0 Å². The average molecular weight is 289 g/mol. The van der Waals surface area contributed by atoms with Crippen molar-refractivity contribution >= 4 is 32.6 Å². The van der Waals surface area contributed by atoms with E-state index in [0.29, 0.717) is 12.3 Å². The number of rotatable bonds is 2. The summed E-state index contributed by atoms with van der Waals surface area (Å²) in [6.45, 7) is 2.51. The van der Waals surface area contributed by atoms with Crippen molar-refractivity contribution in [1.82, 2.24) is 4.31 Å². The van der Waals surface area contributed by atoms with Gasteiger partial charge >= 0.3 is 0 Å². The molecule has 1 aliphatic heterocycles. The summed E-state index contributed by atoms with van der Waals surface area (Å²) in [6.07, 6.45) is 0.805. The molecule has 1 fully saturated rings. The molecule has 0 spiro atoms. The highest BCUT2D eigenvalue weighted by molar-refractivity contribution is 14.1. The lowest BCUT2D eigenvalue weighted by atomic mass is 10.3. The molecular formula is C6H12INO2S. The Morgan fingerprint density at radius 1 is 1.64 bits per heavy atom. The SMILES string of the molecule is CCN1C(CI)CCS1(=O)=O. The zero-order chi connectivity index (χ0) is 8.48. The van der Waals surface area contributed by atoms with Gasteiger partial charge in [-0.2, -0.15) is 4.31 Å². The van der Waals surface area contributed by atoms with Gasteiger partial charge in [0.25, 0.3) is 0 Å². The number of hydrogen-bond acceptors (Lipinski definition) is 2. The Morgan fingerprint density at radius 3 is 2.64 bits per heavy atom. The Labute approximate surface area is 81.3 Å². The van der Waals surface area contributed by atoms with E-state index in [0.717, 1.165) is 10.8 Å². The Kier molecular flexibility index (Phi) is 3.16. The molecule has 0 radical (unpaired) electrons. The molecule has 0 aromatic heterocycles. The molecule has 0 aliphatic carbocycles. The van der Waals surface area contributed by atoms with Crippen LogP contribution in [0.15, 0.2) is 0 Å². The van der Waals surface area contributed by atoms with Gasteiger partial charge in [-0.25, -0.2) is 8.42 Å². The van der Waals surface area contributed by atoms with Crippen molar-refractivity contribution in [2.75, 3.05) is 16.7 Å². The van der Waals surface area contributed by atoms with E-state index in [2.05, 4.69) is 22.6 Å². The van der Waals surface area contributed by atoms with E-state index in [1.54, 1.807) is 4.31 Å². The summed E-state index contributed by atoms with van der Waals surface area (Å²) in [4.78, 5) is 0. The van der Waals surface area contributed by atoms with Crippen LogP contribution in [0.5, 0.6) is 0 Å². The minimum Gasteiger partial charge on any atom is -0.212 e. The number of halogens is 1. The average Bonchev–Trinajstić information content (AvgIpc) is 2.24. The van der Waals surface area contributed by atoms with Gasteiger partial charge in [0.05, 0.1) is 5.75 Å². The second-order valence-electron chi connectivity index (χ2n) is 2.62. The lowest BCUT2D eigenvalue weighted by Crippen LogP contribution is -2.33. The highest BCUT2D eigenvalue weighted by Gasteiger charge is 2.34. The fourth-order valence-corrected chi connectivity index (χ4v) is 4.40. The van der Waals surface area contributed by atoms with Crippen LogP contribution in [0, 0.1) is 0 Å². The topological polar surface area (TPSA) is 37.4 Å². The molecule has 5 heteroatoms. The summed E-state index contributed by atoms with van der Waals surface area (Å²) >= 11 is 2.24. The molecule has 0 bridgehead atoms. The molecule has 3 nitrogen and oxygen atoms in total. The van der Waals surface area contributed by atoms with Gasteiger partial charge in [-0.1, -0.05) is 29.5 Å². The van der Waals surface area contributed by atoms with Crippen LogP contribution in [0.25, 0.3) is 0 Å². The summed E-state index contributed by atoms with van der Waals surface area (Å²) in [7, 11) is -2.87. The minimum absolute atomic E-state index is 0.255. The smallest absolute Gasteiger partial charge is 0.212 e. The number of sulfonamides is 1. The molecule has 1 saturated heterocycles. The molecule has 1 atom stereocenters. The molecule has 11 heavy (non-hydrogen) atoms. The molecule has 0 saturated carbocycles. The largest absolute Gasteiger partial charge is 0.214 e. The predicted octanol–water partition coefficient (Wildman–Crippen LogP) is 0.845. The first kappa shape index (κ1) is 9.73. The number of nitrogens with zero attached hydrogens (tertiary/aromatic N) is 1. The molecular weight excluding hydrogens is 277 g/mol. The van der Waals surface area contributed by atoms with E-state index >= 15 is 0 Å². The first-order valence-corrected chi connectivity index (χ1v) is 6.80. The maximum atomic E-state index is 11.3. The van der Waals surface area contributed by atoms with E-state index < -0.39 is 10.0 Å². The van der Waals surface area contributed by atoms with Crippen LogP contribution in [-0.4, -0.2) is 35.5 Å². The van der Waals surface area contributed by atoms with Crippen molar-refractivity contribution in [1.29, 1.82) is 0 Å². The van der Waals surface area contributed by atoms with Crippen molar-refractivity contribution < 1.29 is 8.42 Å². The molecule has 1 rings (SSSR count). The molecule has 1 unspecified atom stereocenters. The van der Waals surface area contributed by atoms with Crippen molar-refractivity contribution in [3.63, 3.8) is 0 Å². The van der Waals surface area contributed by atoms with Crippen molar-refractivity contribution in [2.24, 2.45) is 0 Å². The monoisotopic (exact) mass is 289 g/mol. The van der Waals surface area contributed by atoms with Crippen LogP contribution in [-0.2, 0) is 10.0 Å². The predicted molar refractivity (Wildman–Crippen MR) is 53.5 cm³/mol. The maximum Gasteiger partial charge on any atom is 0.214 e. The zero-order valence-corrected chi connectivity index (χ0v) is 9.43. The molecule has 1 aliphatic rings. The number of hydrogen-bond donors (Lipinski definition) is 0. The van der Waals surface area contributed by atoms with E-state index in [1.807, 2.05) is 6.92 Å². The Morgan fingerprint density at radius 2 is 2.27 bits per heavy atom. The molecule has 66 valence electrons. The fourth-order valence-electron chi connectivity index (χ4n) is 1.38. The van der Waals surface area contributed by atoms with Crippen molar-refractivity contribution in [2.45, 2.75) is 19.4 Å². The molecule has 0 amide bonds. The molecule has 0 aromatic rings. The van der Waals surface area contributed by atoms with Gasteiger partial charge in [-0.3, -0.25) is 0 Å². The highest BCUT2D eigenvalue weighted by Crippen LogP contribution is 2.21. The Balaban J connectivity index is 2.80. The van der Waals surface area contributed by atoms with Crippen LogP contribution in [0.2, 0.25) is 0 Å². The first-order chi connectivity index (χ1) is 5.11. The lowest BCUT2D eigenvalue weighted by Gasteiger charge is -2.18. The van der Waals surface area contributed by atoms with Gasteiger partial charge in [0.1, 0.15) is 0 Å². The van der Waals surface area contributed by atoms with Crippen LogP contribution in [0.1, 0.15) is 13.3 Å². The van der Waals surface area contributed by atoms with Crippen LogP contribution in [0.4, 0.5) is 0 Å². The second kappa shape index (κ2) is 3.57. The fraction of sp³-hybridized carbons (Fsp3) is 1.00. The first-order valence-electron chi connectivity index (χ1n) is 3.67. The summed E-state index contributed by atoms with van der Waals surface area (Å²) in [5.41, 5.74) is 0. The van der Waals surface area contributed by atoms with Crippen molar-refractivity contribution in [3.8, 4) is 0 Å². The third-order valence-electron chi connectivity index (χ3n) is 1.96. The third kappa shape index (κ3) is 1.86. The van der Waals surface area contributed by atoms with Gasteiger partial charge in [0, 0.05) is 17.0 Å². The lowest BCUT2D eigenvalue weighted by molar-refractivity contribution is 0.386. The molecule has 0 N–H and O–H groups in total. The van der Waals surface area contributed by atoms with E-state index in [-0.39, 0.29) is 6.04 Å². The molecule has 0 aromatic carbocycles. The van der Waals surface area contributed by atoms with Gasteiger partial charge in [0.15, 0.2) is 0 Å². The molecule has 1 heterocycles. The summed E-state index contributed by atoms with van der Waals surface area (Å²) < 4.78 is 25.1. The van der Waals surface area contributed by atoms with E-state index in [1.165, 1.54) is 0 Å². The maximum absolute atomic E-state index is 11.3. The van der Waals surface area contributed by atoms with Gasteiger partial charge in [-0.05, 0) is 6.42 Å². The second-order valence-corrected chi connectivity index (χ2v) is 5.54. The van der Waals surface area contributed by atoms with Gasteiger partial charge < -0.3 is 0 Å². The third-order valence-corrected chi connectivity index (χ3v) is 5.00. The van der Waals surface area contributed by atoms with E-state index in [9.17, 15) is 8.42 Å². The van der Waals surface area contributed by atoms with Gasteiger partial charge in [-0.15, -0.1) is 0 Å². The normalized spacial score (nSPS) is 30.9. The minimum atomic E-state index is -2.87. The zero-order valence-electron chi connectivity index (χ0n) is 6.46. The summed E-state index contributed by atoms with van der Waals surface area (Å²) in [6, 6.07) is 0.255. The number of alkyl halides is 1. The summed E-state index contributed by atoms with van der Waals surface area (Å²) in [5, 5.41) is 0. The quantitative estimate of drug-likeness (QED) is 0.558. The van der Waals surface area contributed by atoms with Crippen LogP contribution in [0.3, 0.4) is 0 Å².